The molecule has 1 aromatic carbocycles. The van der Waals surface area contributed by atoms with Crippen molar-refractivity contribution in [3.05, 3.63) is 80.3 Å². The minimum atomic E-state index is -4.42. The van der Waals surface area contributed by atoms with E-state index in [1.54, 1.807) is 17.0 Å². The van der Waals surface area contributed by atoms with E-state index in [0.29, 0.717) is 35.1 Å². The average molecular weight is 451 g/mol. The van der Waals surface area contributed by atoms with E-state index < -0.39 is 16.7 Å². The van der Waals surface area contributed by atoms with Crippen LogP contribution in [-0.2, 0) is 12.7 Å². The molecule has 2 aromatic heterocycles. The molecule has 1 aliphatic rings. The Morgan fingerprint density at radius 2 is 1.90 bits per heavy atom. The van der Waals surface area contributed by atoms with Gasteiger partial charge in [0.2, 0.25) is 0 Å². The predicted octanol–water partition coefficient (Wildman–Crippen LogP) is 3.14. The maximum atomic E-state index is 13.1. The fraction of sp³-hybridized carbons (Fsp3) is 0.250. The summed E-state index contributed by atoms with van der Waals surface area (Å²) < 4.78 is 52.4. The number of halogens is 4. The van der Waals surface area contributed by atoms with E-state index in [-0.39, 0.29) is 18.4 Å². The third-order valence-corrected chi connectivity index (χ3v) is 5.95. The number of anilines is 1. The van der Waals surface area contributed by atoms with Crippen LogP contribution in [0.5, 0.6) is 0 Å². The van der Waals surface area contributed by atoms with Gasteiger partial charge in [-0.2, -0.15) is 23.3 Å². The molecule has 1 unspecified atom stereocenters. The maximum Gasteiger partial charge on any atom is 0.425 e. The van der Waals surface area contributed by atoms with E-state index >= 15 is 0 Å². The summed E-state index contributed by atoms with van der Waals surface area (Å²) in [6.07, 6.45) is -1.14. The highest BCUT2D eigenvalue weighted by atomic mass is 32.1. The molecule has 31 heavy (non-hydrogen) atoms. The first kappa shape index (κ1) is 21.2. The molecule has 0 fully saturated rings. The van der Waals surface area contributed by atoms with E-state index in [1.165, 1.54) is 24.4 Å². The number of rotatable bonds is 4. The topological polar surface area (TPSA) is 77.0 Å². The van der Waals surface area contributed by atoms with Crippen LogP contribution in [0, 0.1) is 5.82 Å². The number of hydrogen-bond acceptors (Lipinski definition) is 6. The Morgan fingerprint density at radius 3 is 2.52 bits per heavy atom. The summed E-state index contributed by atoms with van der Waals surface area (Å²) in [5, 5.41) is 4.05. The van der Waals surface area contributed by atoms with Crippen LogP contribution in [-0.4, -0.2) is 33.9 Å². The molecule has 0 bridgehead atoms. The Hall–Kier alpha value is -3.05. The lowest BCUT2D eigenvalue weighted by molar-refractivity contribution is -0.134. The van der Waals surface area contributed by atoms with Crippen LogP contribution in [0.1, 0.15) is 15.3 Å². The molecule has 0 saturated carbocycles. The number of alkyl halides is 3. The van der Waals surface area contributed by atoms with Crippen molar-refractivity contribution in [2.24, 2.45) is 5.73 Å². The SMILES string of the molecule is NC1CN(c2cnn(Cc3ccc(C(F)(F)F)s3)c(=O)n2)CC=C1c1ccc(F)cc1. The first-order chi connectivity index (χ1) is 14.7. The van der Waals surface area contributed by atoms with E-state index in [9.17, 15) is 22.4 Å². The van der Waals surface area contributed by atoms with Crippen molar-refractivity contribution in [1.29, 1.82) is 0 Å². The molecular formula is C20H17F4N5OS. The molecule has 0 aliphatic carbocycles. The maximum absolute atomic E-state index is 13.1. The summed E-state index contributed by atoms with van der Waals surface area (Å²) in [4.78, 5) is 17.8. The first-order valence-electron chi connectivity index (χ1n) is 9.27. The minimum absolute atomic E-state index is 0.0962. The third kappa shape index (κ3) is 4.67. The summed E-state index contributed by atoms with van der Waals surface area (Å²) in [5.74, 6) is -0.00311. The standard InChI is InChI=1S/C20H17F4N5OS/c21-13-3-1-12(2-4-13)15-7-8-28(11-16(15)25)18-9-26-29(19(30)27-18)10-14-5-6-17(31-14)20(22,23)24/h1-7,9,16H,8,10-11,25H2. The Kier molecular flexibility index (Phi) is 5.63. The molecule has 4 rings (SSSR count). The quantitative estimate of drug-likeness (QED) is 0.617. The van der Waals surface area contributed by atoms with Crippen LogP contribution in [0.25, 0.3) is 5.57 Å². The second kappa shape index (κ2) is 8.23. The zero-order chi connectivity index (χ0) is 22.2. The van der Waals surface area contributed by atoms with Crippen LogP contribution in [0.2, 0.25) is 0 Å². The van der Waals surface area contributed by atoms with Crippen molar-refractivity contribution in [2.45, 2.75) is 18.8 Å². The molecule has 1 aliphatic heterocycles. The largest absolute Gasteiger partial charge is 0.425 e. The Bertz CT molecular complexity index is 1170. The number of nitrogens with zero attached hydrogens (tertiary/aromatic N) is 4. The zero-order valence-electron chi connectivity index (χ0n) is 16.0. The molecule has 6 nitrogen and oxygen atoms in total. The lowest BCUT2D eigenvalue weighted by Crippen LogP contribution is -2.43. The Balaban J connectivity index is 1.49. The summed E-state index contributed by atoms with van der Waals surface area (Å²) >= 11 is 0.564. The molecular weight excluding hydrogens is 434 g/mol. The molecule has 11 heteroatoms. The molecule has 0 amide bonds. The van der Waals surface area contributed by atoms with E-state index in [0.717, 1.165) is 21.9 Å². The average Bonchev–Trinajstić information content (AvgIpc) is 3.19. The van der Waals surface area contributed by atoms with E-state index in [1.807, 2.05) is 6.08 Å². The van der Waals surface area contributed by atoms with Crippen molar-refractivity contribution < 1.29 is 17.6 Å². The van der Waals surface area contributed by atoms with Gasteiger partial charge in [-0.1, -0.05) is 18.2 Å². The summed E-state index contributed by atoms with van der Waals surface area (Å²) in [6, 6.07) is 7.97. The van der Waals surface area contributed by atoms with Crippen molar-refractivity contribution in [2.75, 3.05) is 18.0 Å². The zero-order valence-corrected chi connectivity index (χ0v) is 16.8. The van der Waals surface area contributed by atoms with Crippen LogP contribution in [0.3, 0.4) is 0 Å². The highest BCUT2D eigenvalue weighted by Crippen LogP contribution is 2.34. The molecule has 2 N–H and O–H groups in total. The molecule has 3 heterocycles. The number of hydrogen-bond donors (Lipinski definition) is 1. The van der Waals surface area contributed by atoms with Crippen LogP contribution in [0.15, 0.2) is 53.5 Å². The van der Waals surface area contributed by atoms with Crippen molar-refractivity contribution in [3.8, 4) is 0 Å². The van der Waals surface area contributed by atoms with Gasteiger partial charge >= 0.3 is 11.9 Å². The van der Waals surface area contributed by atoms with Crippen LogP contribution >= 0.6 is 11.3 Å². The third-order valence-electron chi connectivity index (χ3n) is 4.84. The van der Waals surface area contributed by atoms with Gasteiger partial charge in [0.25, 0.3) is 0 Å². The minimum Gasteiger partial charge on any atom is -0.349 e. The fourth-order valence-electron chi connectivity index (χ4n) is 3.31. The highest BCUT2D eigenvalue weighted by Gasteiger charge is 2.32. The van der Waals surface area contributed by atoms with Crippen LogP contribution in [0.4, 0.5) is 23.4 Å². The highest BCUT2D eigenvalue weighted by molar-refractivity contribution is 7.12. The normalized spacial score (nSPS) is 17.0. The van der Waals surface area contributed by atoms with E-state index in [4.69, 9.17) is 5.73 Å². The number of aromatic nitrogens is 3. The van der Waals surface area contributed by atoms with Gasteiger partial charge in [0, 0.05) is 24.0 Å². The monoisotopic (exact) mass is 451 g/mol. The van der Waals surface area contributed by atoms with Gasteiger partial charge in [-0.15, -0.1) is 11.3 Å². The molecule has 0 spiro atoms. The number of thiophene rings is 1. The summed E-state index contributed by atoms with van der Waals surface area (Å²) in [6.45, 7) is 0.709. The van der Waals surface area contributed by atoms with Gasteiger partial charge in [0.15, 0.2) is 5.82 Å². The van der Waals surface area contributed by atoms with Gasteiger partial charge in [-0.05, 0) is 35.4 Å². The predicted molar refractivity (Wildman–Crippen MR) is 109 cm³/mol. The first-order valence-corrected chi connectivity index (χ1v) is 10.1. The van der Waals surface area contributed by atoms with Crippen LogP contribution < -0.4 is 16.3 Å². The Morgan fingerprint density at radius 1 is 1.16 bits per heavy atom. The smallest absolute Gasteiger partial charge is 0.349 e. The van der Waals surface area contributed by atoms with E-state index in [2.05, 4.69) is 10.1 Å². The number of nitrogens with two attached hydrogens (primary N) is 1. The molecule has 0 saturated heterocycles. The van der Waals surface area contributed by atoms with Gasteiger partial charge < -0.3 is 10.6 Å². The number of benzene rings is 1. The molecule has 0 radical (unpaired) electrons. The summed E-state index contributed by atoms with van der Waals surface area (Å²) in [7, 11) is 0. The second-order valence-corrected chi connectivity index (χ2v) is 8.16. The lowest BCUT2D eigenvalue weighted by Gasteiger charge is -2.31. The molecule has 162 valence electrons. The second-order valence-electron chi connectivity index (χ2n) is 7.00. The van der Waals surface area contributed by atoms with Crippen molar-refractivity contribution >= 4 is 22.7 Å². The van der Waals surface area contributed by atoms with Crippen molar-refractivity contribution in [1.82, 2.24) is 14.8 Å². The van der Waals surface area contributed by atoms with Gasteiger partial charge in [-0.3, -0.25) is 0 Å². The fourth-order valence-corrected chi connectivity index (χ4v) is 4.17. The lowest BCUT2D eigenvalue weighted by atomic mass is 9.95. The summed E-state index contributed by atoms with van der Waals surface area (Å²) in [5.41, 5.74) is 7.29. The molecule has 1 atom stereocenters. The van der Waals surface area contributed by atoms with Gasteiger partial charge in [0.1, 0.15) is 10.7 Å². The van der Waals surface area contributed by atoms with Gasteiger partial charge in [-0.25, -0.2) is 13.9 Å². The van der Waals surface area contributed by atoms with Gasteiger partial charge in [0.05, 0.1) is 12.7 Å². The van der Waals surface area contributed by atoms with Crippen molar-refractivity contribution in [3.63, 3.8) is 0 Å². The Labute approximate surface area is 178 Å². The molecule has 3 aromatic rings.